The molecule has 8 heteroatoms. The lowest BCUT2D eigenvalue weighted by Crippen LogP contribution is -2.29. The number of ketones is 1. The number of hydrogen-bond acceptors (Lipinski definition) is 6. The number of aliphatic hydroxyl groups is 1. The SMILES string of the molecule is COc1ccc(C(O)=C2C(=O)C(=O)N(c3nc4c(C)cc(C)cc4s3)[C@@H]2c2cccc(Cl)c2)cc1. The predicted octanol–water partition coefficient (Wildman–Crippen LogP) is 6.20. The molecule has 1 aliphatic rings. The molecule has 1 aliphatic heterocycles. The van der Waals surface area contributed by atoms with Crippen LogP contribution in [0.1, 0.15) is 28.3 Å². The van der Waals surface area contributed by atoms with E-state index in [1.807, 2.05) is 26.0 Å². The van der Waals surface area contributed by atoms with Crippen molar-refractivity contribution < 1.29 is 19.4 Å². The summed E-state index contributed by atoms with van der Waals surface area (Å²) in [7, 11) is 1.54. The van der Waals surface area contributed by atoms with Crippen LogP contribution in [-0.4, -0.2) is 28.9 Å². The van der Waals surface area contributed by atoms with Gasteiger partial charge in [-0.25, -0.2) is 4.98 Å². The first kappa shape index (κ1) is 23.1. The predicted molar refractivity (Wildman–Crippen MR) is 138 cm³/mol. The van der Waals surface area contributed by atoms with Crippen molar-refractivity contribution in [3.8, 4) is 5.75 Å². The Kier molecular flexibility index (Phi) is 5.83. The zero-order valence-electron chi connectivity index (χ0n) is 19.2. The molecule has 35 heavy (non-hydrogen) atoms. The summed E-state index contributed by atoms with van der Waals surface area (Å²) < 4.78 is 6.11. The minimum atomic E-state index is -0.891. The van der Waals surface area contributed by atoms with E-state index in [4.69, 9.17) is 21.3 Å². The molecule has 1 N–H and O–H groups in total. The van der Waals surface area contributed by atoms with Gasteiger partial charge in [-0.3, -0.25) is 14.5 Å². The van der Waals surface area contributed by atoms with Crippen molar-refractivity contribution in [2.75, 3.05) is 12.0 Å². The summed E-state index contributed by atoms with van der Waals surface area (Å²) >= 11 is 7.61. The fourth-order valence-electron chi connectivity index (χ4n) is 4.39. The molecular weight excluding hydrogens is 484 g/mol. The number of anilines is 1. The third kappa shape index (κ3) is 3.96. The van der Waals surface area contributed by atoms with Gasteiger partial charge in [0.25, 0.3) is 5.78 Å². The maximum Gasteiger partial charge on any atom is 0.301 e. The van der Waals surface area contributed by atoms with Gasteiger partial charge in [0.1, 0.15) is 11.5 Å². The van der Waals surface area contributed by atoms with Crippen molar-refractivity contribution in [1.82, 2.24) is 4.98 Å². The lowest BCUT2D eigenvalue weighted by molar-refractivity contribution is -0.132. The van der Waals surface area contributed by atoms with Crippen molar-refractivity contribution in [3.05, 3.63) is 93.5 Å². The van der Waals surface area contributed by atoms with Crippen LogP contribution in [0.3, 0.4) is 0 Å². The molecule has 0 bridgehead atoms. The van der Waals surface area contributed by atoms with E-state index in [2.05, 4.69) is 0 Å². The lowest BCUT2D eigenvalue weighted by atomic mass is 9.95. The molecule has 176 valence electrons. The Hall–Kier alpha value is -3.68. The highest BCUT2D eigenvalue weighted by atomic mass is 35.5. The van der Waals surface area contributed by atoms with Crippen molar-refractivity contribution in [3.63, 3.8) is 0 Å². The van der Waals surface area contributed by atoms with Crippen LogP contribution in [-0.2, 0) is 9.59 Å². The minimum Gasteiger partial charge on any atom is -0.507 e. The smallest absolute Gasteiger partial charge is 0.301 e. The number of benzene rings is 3. The molecular formula is C27H21ClN2O4S. The Balaban J connectivity index is 1.73. The summed E-state index contributed by atoms with van der Waals surface area (Å²) in [6.07, 6.45) is 0. The fraction of sp³-hybridized carbons (Fsp3) is 0.148. The van der Waals surface area contributed by atoms with Crippen LogP contribution in [0.2, 0.25) is 5.02 Å². The van der Waals surface area contributed by atoms with E-state index in [0.717, 1.165) is 21.3 Å². The maximum atomic E-state index is 13.4. The molecule has 1 saturated heterocycles. The summed E-state index contributed by atoms with van der Waals surface area (Å²) in [6, 6.07) is 16.7. The topological polar surface area (TPSA) is 79.7 Å². The molecule has 2 heterocycles. The number of halogens is 1. The van der Waals surface area contributed by atoms with Crippen molar-refractivity contribution in [2.24, 2.45) is 0 Å². The van der Waals surface area contributed by atoms with E-state index in [1.165, 1.54) is 16.2 Å². The summed E-state index contributed by atoms with van der Waals surface area (Å²) in [5.74, 6) is -1.20. The van der Waals surface area contributed by atoms with E-state index >= 15 is 0 Å². The summed E-state index contributed by atoms with van der Waals surface area (Å²) in [6.45, 7) is 3.96. The Bertz CT molecular complexity index is 1520. The Morgan fingerprint density at radius 1 is 1.09 bits per heavy atom. The number of nitrogens with zero attached hydrogens (tertiary/aromatic N) is 2. The number of hydrogen-bond donors (Lipinski definition) is 1. The second kappa shape index (κ2) is 8.83. The van der Waals surface area contributed by atoms with Crippen LogP contribution in [0.25, 0.3) is 16.0 Å². The number of aliphatic hydroxyl groups excluding tert-OH is 1. The summed E-state index contributed by atoms with van der Waals surface area (Å²) in [4.78, 5) is 32.8. The lowest BCUT2D eigenvalue weighted by Gasteiger charge is -2.23. The Labute approximate surface area is 211 Å². The Morgan fingerprint density at radius 3 is 2.51 bits per heavy atom. The minimum absolute atomic E-state index is 0.0189. The van der Waals surface area contributed by atoms with E-state index in [1.54, 1.807) is 55.6 Å². The molecule has 1 atom stereocenters. The Morgan fingerprint density at radius 2 is 1.83 bits per heavy atom. The zero-order chi connectivity index (χ0) is 24.9. The number of ether oxygens (including phenoxy) is 1. The highest BCUT2D eigenvalue weighted by molar-refractivity contribution is 7.22. The molecule has 0 unspecified atom stereocenters. The molecule has 1 fully saturated rings. The number of aromatic nitrogens is 1. The van der Waals surface area contributed by atoms with Crippen LogP contribution in [0, 0.1) is 13.8 Å². The van der Waals surface area contributed by atoms with Gasteiger partial charge in [0.05, 0.1) is 28.9 Å². The number of fused-ring (bicyclic) bond motifs is 1. The van der Waals surface area contributed by atoms with Crippen LogP contribution in [0.15, 0.2) is 66.2 Å². The second-order valence-corrected chi connectivity index (χ2v) is 9.82. The van der Waals surface area contributed by atoms with Crippen LogP contribution < -0.4 is 9.64 Å². The van der Waals surface area contributed by atoms with Gasteiger partial charge in [0.15, 0.2) is 5.13 Å². The van der Waals surface area contributed by atoms with Crippen LogP contribution in [0.5, 0.6) is 5.75 Å². The molecule has 0 spiro atoms. The fourth-order valence-corrected chi connectivity index (χ4v) is 5.76. The summed E-state index contributed by atoms with van der Waals surface area (Å²) in [5, 5.41) is 12.1. The monoisotopic (exact) mass is 504 g/mol. The molecule has 0 aliphatic carbocycles. The van der Waals surface area contributed by atoms with Gasteiger partial charge < -0.3 is 9.84 Å². The third-order valence-corrected chi connectivity index (χ3v) is 7.23. The van der Waals surface area contributed by atoms with Gasteiger partial charge in [-0.2, -0.15) is 0 Å². The first-order valence-corrected chi connectivity index (χ1v) is 12.1. The number of rotatable bonds is 4. The molecule has 1 aromatic heterocycles. The van der Waals surface area contributed by atoms with Gasteiger partial charge in [-0.15, -0.1) is 0 Å². The zero-order valence-corrected chi connectivity index (χ0v) is 20.8. The molecule has 5 rings (SSSR count). The van der Waals surface area contributed by atoms with Crippen LogP contribution >= 0.6 is 22.9 Å². The molecule has 1 amide bonds. The van der Waals surface area contributed by atoms with E-state index in [-0.39, 0.29) is 11.3 Å². The van der Waals surface area contributed by atoms with E-state index in [9.17, 15) is 14.7 Å². The van der Waals surface area contributed by atoms with E-state index < -0.39 is 17.7 Å². The molecule has 6 nitrogen and oxygen atoms in total. The molecule has 3 aromatic carbocycles. The quantitative estimate of drug-likeness (QED) is 0.203. The number of thiazole rings is 1. The van der Waals surface area contributed by atoms with Crippen molar-refractivity contribution in [1.29, 1.82) is 0 Å². The average Bonchev–Trinajstić information content (AvgIpc) is 3.37. The molecule has 0 radical (unpaired) electrons. The average molecular weight is 505 g/mol. The van der Waals surface area contributed by atoms with Crippen LogP contribution in [0.4, 0.5) is 5.13 Å². The van der Waals surface area contributed by atoms with Gasteiger partial charge in [0, 0.05) is 10.6 Å². The number of Topliss-reactive ketones (excluding diaryl/α,β-unsaturated/α-hetero) is 1. The molecule has 4 aromatic rings. The molecule has 0 saturated carbocycles. The summed E-state index contributed by atoms with van der Waals surface area (Å²) in [5.41, 5.74) is 3.81. The first-order chi connectivity index (χ1) is 16.8. The number of amides is 1. The van der Waals surface area contributed by atoms with Gasteiger partial charge in [-0.1, -0.05) is 41.1 Å². The number of aryl methyl sites for hydroxylation is 2. The highest BCUT2D eigenvalue weighted by Gasteiger charge is 2.48. The van der Waals surface area contributed by atoms with E-state index in [0.29, 0.717) is 27.0 Å². The van der Waals surface area contributed by atoms with Gasteiger partial charge in [-0.05, 0) is 73.0 Å². The van der Waals surface area contributed by atoms with Gasteiger partial charge in [0.2, 0.25) is 0 Å². The third-order valence-electron chi connectivity index (χ3n) is 6.00. The van der Waals surface area contributed by atoms with Gasteiger partial charge >= 0.3 is 5.91 Å². The van der Waals surface area contributed by atoms with Crippen molar-refractivity contribution in [2.45, 2.75) is 19.9 Å². The van der Waals surface area contributed by atoms with Crippen molar-refractivity contribution >= 4 is 55.7 Å². The largest absolute Gasteiger partial charge is 0.507 e. The first-order valence-electron chi connectivity index (χ1n) is 10.9. The number of carbonyl (C=O) groups is 2. The second-order valence-electron chi connectivity index (χ2n) is 8.38. The number of methoxy groups -OCH3 is 1. The number of carbonyl (C=O) groups excluding carboxylic acids is 2. The standard InChI is InChI=1S/C27H21ClN2O4S/c1-14-11-15(2)22-20(12-14)35-27(29-22)30-23(17-5-4-6-18(28)13-17)21(25(32)26(30)33)24(31)16-7-9-19(34-3)10-8-16/h4-13,23,31H,1-3H3/t23-/m1/s1. The highest BCUT2D eigenvalue weighted by Crippen LogP contribution is 2.45. The normalized spacial score (nSPS) is 17.4. The maximum absolute atomic E-state index is 13.4.